The third-order valence-corrected chi connectivity index (χ3v) is 3.09. The van der Waals surface area contributed by atoms with Gasteiger partial charge in [-0.2, -0.15) is 0 Å². The molecule has 4 heteroatoms. The van der Waals surface area contributed by atoms with Gasteiger partial charge in [-0.3, -0.25) is 4.79 Å². The Labute approximate surface area is 81.7 Å². The van der Waals surface area contributed by atoms with Crippen molar-refractivity contribution in [3.05, 3.63) is 12.2 Å². The Hall–Kier alpha value is -1.41. The van der Waals surface area contributed by atoms with E-state index < -0.39 is 0 Å². The maximum atomic E-state index is 11.4. The summed E-state index contributed by atoms with van der Waals surface area (Å²) >= 11 is 0. The van der Waals surface area contributed by atoms with Crippen LogP contribution in [0.5, 0.6) is 0 Å². The predicted molar refractivity (Wildman–Crippen MR) is 48.2 cm³/mol. The van der Waals surface area contributed by atoms with Gasteiger partial charge >= 0.3 is 5.97 Å². The Morgan fingerprint density at radius 2 is 2.21 bits per heavy atom. The third-order valence-electron chi connectivity index (χ3n) is 3.09. The number of isocyanates is 1. The molecule has 4 atom stereocenters. The zero-order chi connectivity index (χ0) is 10.1. The minimum Gasteiger partial charge on any atom is -0.469 e. The molecule has 2 aliphatic rings. The van der Waals surface area contributed by atoms with Crippen LogP contribution >= 0.6 is 0 Å². The summed E-state index contributed by atoms with van der Waals surface area (Å²) in [6, 6.07) is -0.255. The van der Waals surface area contributed by atoms with E-state index in [0.29, 0.717) is 0 Å². The predicted octanol–water partition coefficient (Wildman–Crippen LogP) is 0.686. The number of allylic oxidation sites excluding steroid dienone is 1. The Bertz CT molecular complexity index is 330. The van der Waals surface area contributed by atoms with E-state index in [1.54, 1.807) is 0 Å². The second-order valence-electron chi connectivity index (χ2n) is 3.71. The molecule has 14 heavy (non-hydrogen) atoms. The molecule has 0 radical (unpaired) electrons. The van der Waals surface area contributed by atoms with Crippen LogP contribution in [0.15, 0.2) is 17.1 Å². The second-order valence-corrected chi connectivity index (χ2v) is 3.71. The molecular formula is C10H11NO3. The van der Waals surface area contributed by atoms with Crippen LogP contribution in [0.2, 0.25) is 0 Å². The van der Waals surface area contributed by atoms with Gasteiger partial charge in [-0.05, 0) is 12.3 Å². The van der Waals surface area contributed by atoms with E-state index in [0.717, 1.165) is 6.42 Å². The number of rotatable bonds is 2. The maximum Gasteiger partial charge on any atom is 0.311 e. The van der Waals surface area contributed by atoms with Gasteiger partial charge in [-0.1, -0.05) is 12.2 Å². The summed E-state index contributed by atoms with van der Waals surface area (Å²) < 4.78 is 4.70. The number of carbonyl (C=O) groups is 1. The van der Waals surface area contributed by atoms with E-state index >= 15 is 0 Å². The Morgan fingerprint density at radius 3 is 2.86 bits per heavy atom. The van der Waals surface area contributed by atoms with Crippen molar-refractivity contribution in [2.75, 3.05) is 7.11 Å². The number of aliphatic imine (C=N–C) groups is 1. The van der Waals surface area contributed by atoms with Gasteiger partial charge in [0.05, 0.1) is 19.1 Å². The highest BCUT2D eigenvalue weighted by Gasteiger charge is 2.49. The van der Waals surface area contributed by atoms with Gasteiger partial charge < -0.3 is 4.74 Å². The molecule has 0 saturated heterocycles. The van der Waals surface area contributed by atoms with Crippen molar-refractivity contribution in [1.29, 1.82) is 0 Å². The molecule has 0 aliphatic heterocycles. The van der Waals surface area contributed by atoms with E-state index in [2.05, 4.69) is 4.99 Å². The van der Waals surface area contributed by atoms with Crippen molar-refractivity contribution in [1.82, 2.24) is 0 Å². The SMILES string of the molecule is COC(=O)C1C2C=CC(C2)C1N=C=O. The van der Waals surface area contributed by atoms with Gasteiger partial charge in [-0.15, -0.1) is 0 Å². The van der Waals surface area contributed by atoms with Crippen molar-refractivity contribution in [2.24, 2.45) is 22.7 Å². The Balaban J connectivity index is 2.26. The topological polar surface area (TPSA) is 55.7 Å². The number of hydrogen-bond donors (Lipinski definition) is 0. The summed E-state index contributed by atoms with van der Waals surface area (Å²) in [5.74, 6) is -0.151. The van der Waals surface area contributed by atoms with Gasteiger partial charge in [0.25, 0.3) is 0 Å². The summed E-state index contributed by atoms with van der Waals surface area (Å²) in [6.45, 7) is 0. The highest BCUT2D eigenvalue weighted by atomic mass is 16.5. The fourth-order valence-electron chi connectivity index (χ4n) is 2.48. The van der Waals surface area contributed by atoms with Crippen molar-refractivity contribution in [3.63, 3.8) is 0 Å². The Morgan fingerprint density at radius 1 is 1.50 bits per heavy atom. The first-order chi connectivity index (χ1) is 6.77. The fourth-order valence-corrected chi connectivity index (χ4v) is 2.48. The molecule has 0 aromatic heterocycles. The van der Waals surface area contributed by atoms with Crippen LogP contribution in [-0.4, -0.2) is 25.2 Å². The lowest BCUT2D eigenvalue weighted by atomic mass is 9.89. The van der Waals surface area contributed by atoms with Crippen LogP contribution in [0.3, 0.4) is 0 Å². The number of nitrogens with zero attached hydrogens (tertiary/aromatic N) is 1. The van der Waals surface area contributed by atoms with Crippen LogP contribution in [0.1, 0.15) is 6.42 Å². The molecule has 2 aliphatic carbocycles. The molecule has 1 saturated carbocycles. The first kappa shape index (κ1) is 9.16. The van der Waals surface area contributed by atoms with Crippen LogP contribution in [0.25, 0.3) is 0 Å². The number of carbonyl (C=O) groups excluding carboxylic acids is 2. The normalized spacial score (nSPS) is 38.1. The molecule has 2 rings (SSSR count). The first-order valence-corrected chi connectivity index (χ1v) is 4.61. The molecule has 0 aromatic carbocycles. The fraction of sp³-hybridized carbons (Fsp3) is 0.600. The molecule has 0 aromatic rings. The lowest BCUT2D eigenvalue weighted by molar-refractivity contribution is -0.146. The van der Waals surface area contributed by atoms with Crippen molar-refractivity contribution in [3.8, 4) is 0 Å². The maximum absolute atomic E-state index is 11.4. The molecule has 74 valence electrons. The van der Waals surface area contributed by atoms with E-state index in [4.69, 9.17) is 4.74 Å². The molecule has 0 heterocycles. The average Bonchev–Trinajstić information content (AvgIpc) is 2.77. The molecule has 0 amide bonds. The summed E-state index contributed by atoms with van der Waals surface area (Å²) in [7, 11) is 1.36. The number of fused-ring (bicyclic) bond motifs is 2. The number of hydrogen-bond acceptors (Lipinski definition) is 4. The highest BCUT2D eigenvalue weighted by molar-refractivity contribution is 5.75. The zero-order valence-corrected chi connectivity index (χ0v) is 7.84. The highest BCUT2D eigenvalue weighted by Crippen LogP contribution is 2.45. The molecule has 4 unspecified atom stereocenters. The van der Waals surface area contributed by atoms with Gasteiger partial charge in [-0.25, -0.2) is 9.79 Å². The number of ether oxygens (including phenoxy) is 1. The van der Waals surface area contributed by atoms with Crippen LogP contribution < -0.4 is 0 Å². The Kier molecular flexibility index (Phi) is 2.22. The average molecular weight is 193 g/mol. The van der Waals surface area contributed by atoms with Crippen LogP contribution in [0.4, 0.5) is 0 Å². The van der Waals surface area contributed by atoms with Gasteiger partial charge in [0, 0.05) is 5.92 Å². The van der Waals surface area contributed by atoms with Crippen LogP contribution in [-0.2, 0) is 14.3 Å². The summed E-state index contributed by atoms with van der Waals surface area (Å²) in [6.07, 6.45) is 6.48. The van der Waals surface area contributed by atoms with E-state index in [9.17, 15) is 9.59 Å². The first-order valence-electron chi connectivity index (χ1n) is 4.61. The molecule has 2 bridgehead atoms. The largest absolute Gasteiger partial charge is 0.469 e. The number of methoxy groups -OCH3 is 1. The summed E-state index contributed by atoms with van der Waals surface area (Å²) in [4.78, 5) is 25.4. The molecule has 1 fully saturated rings. The van der Waals surface area contributed by atoms with Crippen molar-refractivity contribution >= 4 is 12.0 Å². The van der Waals surface area contributed by atoms with Crippen LogP contribution in [0, 0.1) is 17.8 Å². The zero-order valence-electron chi connectivity index (χ0n) is 7.84. The van der Waals surface area contributed by atoms with Gasteiger partial charge in [0.15, 0.2) is 0 Å². The lowest BCUT2D eigenvalue weighted by Gasteiger charge is -2.20. The minimum atomic E-state index is -0.281. The van der Waals surface area contributed by atoms with Gasteiger partial charge in [0.2, 0.25) is 6.08 Å². The molecule has 0 spiro atoms. The monoisotopic (exact) mass is 193 g/mol. The van der Waals surface area contributed by atoms with E-state index in [1.807, 2.05) is 12.2 Å². The molecular weight excluding hydrogens is 182 g/mol. The molecule has 0 N–H and O–H groups in total. The van der Waals surface area contributed by atoms with Crippen molar-refractivity contribution < 1.29 is 14.3 Å². The summed E-state index contributed by atoms with van der Waals surface area (Å²) in [5.41, 5.74) is 0. The standard InChI is InChI=1S/C10H11NO3/c1-14-10(13)8-6-2-3-7(4-6)9(8)11-5-12/h2-3,6-9H,4H2,1H3. The van der Waals surface area contributed by atoms with E-state index in [1.165, 1.54) is 13.2 Å². The van der Waals surface area contributed by atoms with Crippen molar-refractivity contribution in [2.45, 2.75) is 12.5 Å². The number of esters is 1. The second kappa shape index (κ2) is 3.39. The van der Waals surface area contributed by atoms with Gasteiger partial charge in [0.1, 0.15) is 0 Å². The van der Waals surface area contributed by atoms with E-state index in [-0.39, 0.29) is 29.8 Å². The lowest BCUT2D eigenvalue weighted by Crippen LogP contribution is -2.31. The minimum absolute atomic E-state index is 0.189. The smallest absolute Gasteiger partial charge is 0.311 e. The molecule has 4 nitrogen and oxygen atoms in total. The quantitative estimate of drug-likeness (QED) is 0.280. The third kappa shape index (κ3) is 1.19. The summed E-state index contributed by atoms with van der Waals surface area (Å²) in [5, 5.41) is 0.